The first-order valence-corrected chi connectivity index (χ1v) is 14.5. The molecule has 0 unspecified atom stereocenters. The predicted molar refractivity (Wildman–Crippen MR) is 135 cm³/mol. The lowest BCUT2D eigenvalue weighted by Gasteiger charge is -2.27. The molecule has 0 aliphatic carbocycles. The first-order chi connectivity index (χ1) is 17.2. The van der Waals surface area contributed by atoms with Crippen LogP contribution in [0, 0.1) is 0 Å². The van der Waals surface area contributed by atoms with Gasteiger partial charge in [-0.05, 0) is 43.3 Å². The molecule has 1 aliphatic rings. The molecule has 37 heavy (non-hydrogen) atoms. The number of rotatable bonds is 8. The van der Waals surface area contributed by atoms with Crippen LogP contribution in [0.15, 0.2) is 46.2 Å². The zero-order valence-corrected chi connectivity index (χ0v) is 22.1. The van der Waals surface area contributed by atoms with Gasteiger partial charge in [0.2, 0.25) is 0 Å². The number of β-amino-alcohol motifs (C(OH)–C–C–N with tert-alkyl or cyclic N) is 1. The molecule has 0 aromatic heterocycles. The van der Waals surface area contributed by atoms with Crippen molar-refractivity contribution >= 4 is 20.2 Å². The molecule has 2 aromatic rings. The van der Waals surface area contributed by atoms with E-state index < -0.39 is 26.3 Å². The molecule has 5 N–H and O–H groups in total. The number of hydrogen-bond donors (Lipinski definition) is 5. The van der Waals surface area contributed by atoms with Crippen molar-refractivity contribution in [3.8, 4) is 11.5 Å². The summed E-state index contributed by atoms with van der Waals surface area (Å²) in [6.45, 7) is 5.69. The van der Waals surface area contributed by atoms with Crippen LogP contribution in [0.3, 0.4) is 0 Å². The van der Waals surface area contributed by atoms with E-state index in [1.807, 2.05) is 9.80 Å². The van der Waals surface area contributed by atoms with Crippen LogP contribution in [0.2, 0.25) is 0 Å². The van der Waals surface area contributed by atoms with Crippen LogP contribution in [0.5, 0.6) is 11.5 Å². The molecule has 1 aliphatic heterocycles. The quantitative estimate of drug-likeness (QED) is 0.285. The standard InChI is InChI=1S/C23H33N3O9S2/c1-17(27)14-24-6-8-25(15-18-12-20(36(30,31)32)2-4-22(18)28)10-11-26(9-7-24)16-19-13-21(37(33,34)35)3-5-23(19)29/h2-5,12-13,17,27-29H,6-11,14-16H2,1H3,(H,30,31,32)(H,33,34,35)/t17-/m0/s1. The molecule has 3 rings (SSSR count). The lowest BCUT2D eigenvalue weighted by atomic mass is 10.1. The molecule has 12 nitrogen and oxygen atoms in total. The van der Waals surface area contributed by atoms with E-state index >= 15 is 0 Å². The van der Waals surface area contributed by atoms with Crippen LogP contribution in [0.25, 0.3) is 0 Å². The van der Waals surface area contributed by atoms with Crippen LogP contribution in [0.1, 0.15) is 18.1 Å². The summed E-state index contributed by atoms with van der Waals surface area (Å²) in [5.74, 6) is -0.228. The van der Waals surface area contributed by atoms with Crippen molar-refractivity contribution in [3.63, 3.8) is 0 Å². The summed E-state index contributed by atoms with van der Waals surface area (Å²) in [6, 6.07) is 7.11. The zero-order valence-electron chi connectivity index (χ0n) is 20.4. The van der Waals surface area contributed by atoms with Crippen molar-refractivity contribution in [1.29, 1.82) is 0 Å². The van der Waals surface area contributed by atoms with Crippen LogP contribution in [0.4, 0.5) is 0 Å². The summed E-state index contributed by atoms with van der Waals surface area (Å²) in [5.41, 5.74) is 0.642. The number of aliphatic hydroxyl groups is 1. The van der Waals surface area contributed by atoms with Gasteiger partial charge in [-0.15, -0.1) is 0 Å². The smallest absolute Gasteiger partial charge is 0.294 e. The summed E-state index contributed by atoms with van der Waals surface area (Å²) in [4.78, 5) is 5.39. The molecule has 1 atom stereocenters. The van der Waals surface area contributed by atoms with Gasteiger partial charge in [-0.3, -0.25) is 23.8 Å². The van der Waals surface area contributed by atoms with Gasteiger partial charge in [0.15, 0.2) is 0 Å². The van der Waals surface area contributed by atoms with E-state index in [1.165, 1.54) is 24.3 Å². The lowest BCUT2D eigenvalue weighted by molar-refractivity contribution is 0.115. The Hall–Kier alpha value is -2.30. The highest BCUT2D eigenvalue weighted by Crippen LogP contribution is 2.25. The van der Waals surface area contributed by atoms with Crippen LogP contribution in [-0.2, 0) is 33.3 Å². The highest BCUT2D eigenvalue weighted by atomic mass is 32.2. The highest BCUT2D eigenvalue weighted by Gasteiger charge is 2.21. The van der Waals surface area contributed by atoms with Crippen molar-refractivity contribution in [1.82, 2.24) is 14.7 Å². The van der Waals surface area contributed by atoms with Gasteiger partial charge in [0.25, 0.3) is 20.2 Å². The van der Waals surface area contributed by atoms with E-state index in [1.54, 1.807) is 6.92 Å². The molecule has 14 heteroatoms. The number of hydrogen-bond acceptors (Lipinski definition) is 10. The number of phenolic OH excluding ortho intramolecular Hbond substituents is 2. The Morgan fingerprint density at radius 3 is 1.38 bits per heavy atom. The fraction of sp³-hybridized carbons (Fsp3) is 0.478. The summed E-state index contributed by atoms with van der Waals surface area (Å²) in [7, 11) is -8.89. The minimum atomic E-state index is -4.44. The Labute approximate surface area is 216 Å². The van der Waals surface area contributed by atoms with Crippen LogP contribution < -0.4 is 0 Å². The van der Waals surface area contributed by atoms with Gasteiger partial charge in [0.1, 0.15) is 11.5 Å². The van der Waals surface area contributed by atoms with E-state index in [2.05, 4.69) is 4.90 Å². The second-order valence-corrected chi connectivity index (χ2v) is 12.1. The number of nitrogens with zero attached hydrogens (tertiary/aromatic N) is 3. The zero-order chi connectivity index (χ0) is 27.4. The molecule has 1 heterocycles. The van der Waals surface area contributed by atoms with Gasteiger partial charge in [-0.25, -0.2) is 0 Å². The maximum atomic E-state index is 11.6. The predicted octanol–water partition coefficient (Wildman–Crippen LogP) is 0.592. The number of phenols is 2. The Balaban J connectivity index is 1.84. The topological polar surface area (TPSA) is 179 Å². The lowest BCUT2D eigenvalue weighted by Crippen LogP contribution is -2.39. The van der Waals surface area contributed by atoms with E-state index in [4.69, 9.17) is 0 Å². The second-order valence-electron chi connectivity index (χ2n) is 9.23. The SMILES string of the molecule is C[C@H](O)CN1CCN(Cc2cc(S(=O)(=O)O)ccc2O)CCN(Cc2cc(S(=O)(=O)O)ccc2O)CC1. The van der Waals surface area contributed by atoms with Crippen LogP contribution >= 0.6 is 0 Å². The Morgan fingerprint density at radius 2 is 1.05 bits per heavy atom. The minimum absolute atomic E-state index is 0.114. The molecule has 0 saturated carbocycles. The average Bonchev–Trinajstić information content (AvgIpc) is 2.87. The number of aromatic hydroxyl groups is 2. The monoisotopic (exact) mass is 559 g/mol. The molecule has 0 spiro atoms. The molecule has 2 aromatic carbocycles. The average molecular weight is 560 g/mol. The van der Waals surface area contributed by atoms with Crippen molar-refractivity contribution < 1.29 is 41.3 Å². The van der Waals surface area contributed by atoms with Gasteiger partial charge in [0, 0.05) is 70.0 Å². The molecule has 206 valence electrons. The van der Waals surface area contributed by atoms with Gasteiger partial charge >= 0.3 is 0 Å². The van der Waals surface area contributed by atoms with Gasteiger partial charge < -0.3 is 15.3 Å². The third-order valence-electron chi connectivity index (χ3n) is 6.21. The normalized spacial score (nSPS) is 18.2. The molecule has 0 radical (unpaired) electrons. The van der Waals surface area contributed by atoms with E-state index in [0.717, 1.165) is 12.1 Å². The third-order valence-corrected chi connectivity index (χ3v) is 7.90. The second kappa shape index (κ2) is 12.0. The van der Waals surface area contributed by atoms with Crippen molar-refractivity contribution in [2.24, 2.45) is 0 Å². The first kappa shape index (κ1) is 29.3. The maximum absolute atomic E-state index is 11.6. The minimum Gasteiger partial charge on any atom is -0.508 e. The molecule has 1 saturated heterocycles. The van der Waals surface area contributed by atoms with Crippen LogP contribution in [-0.4, -0.2) is 108 Å². The Kier molecular flexibility index (Phi) is 9.52. The Bertz CT molecular complexity index is 1210. The molecular formula is C23H33N3O9S2. The summed E-state index contributed by atoms with van der Waals surface area (Å²) in [6.07, 6.45) is -0.575. The first-order valence-electron chi connectivity index (χ1n) is 11.7. The van der Waals surface area contributed by atoms with E-state index in [-0.39, 0.29) is 34.4 Å². The molecular weight excluding hydrogens is 526 g/mol. The number of benzene rings is 2. The van der Waals surface area contributed by atoms with Gasteiger partial charge in [-0.1, -0.05) is 0 Å². The highest BCUT2D eigenvalue weighted by molar-refractivity contribution is 7.86. The van der Waals surface area contributed by atoms with Crippen molar-refractivity contribution in [2.45, 2.75) is 35.9 Å². The largest absolute Gasteiger partial charge is 0.508 e. The van der Waals surface area contributed by atoms with Gasteiger partial charge in [-0.2, -0.15) is 16.8 Å². The van der Waals surface area contributed by atoms with Gasteiger partial charge in [0.05, 0.1) is 15.9 Å². The molecule has 0 bridgehead atoms. The maximum Gasteiger partial charge on any atom is 0.294 e. The van der Waals surface area contributed by atoms with Crippen molar-refractivity contribution in [2.75, 3.05) is 45.8 Å². The summed E-state index contributed by atoms with van der Waals surface area (Å²) >= 11 is 0. The third kappa shape index (κ3) is 8.61. The Morgan fingerprint density at radius 1 is 0.703 bits per heavy atom. The van der Waals surface area contributed by atoms with Crippen molar-refractivity contribution in [3.05, 3.63) is 47.5 Å². The van der Waals surface area contributed by atoms with E-state index in [9.17, 15) is 41.3 Å². The summed E-state index contributed by atoms with van der Waals surface area (Å²) < 4.78 is 65.0. The number of aliphatic hydroxyl groups excluding tert-OH is 1. The fourth-order valence-corrected chi connectivity index (χ4v) is 5.30. The fourth-order valence-electron chi connectivity index (χ4n) is 4.24. The molecule has 0 amide bonds. The van der Waals surface area contributed by atoms with E-state index in [0.29, 0.717) is 56.9 Å². The molecule has 1 fully saturated rings. The summed E-state index contributed by atoms with van der Waals surface area (Å²) in [5, 5.41) is 30.5.